The molecule has 2 heterocycles. The van der Waals surface area contributed by atoms with Crippen LogP contribution in [-0.2, 0) is 4.79 Å². The fourth-order valence-corrected chi connectivity index (χ4v) is 4.80. The highest BCUT2D eigenvalue weighted by molar-refractivity contribution is 7.22. The van der Waals surface area contributed by atoms with Crippen LogP contribution in [0.4, 0.5) is 15.2 Å². The highest BCUT2D eigenvalue weighted by Gasteiger charge is 2.27. The van der Waals surface area contributed by atoms with Gasteiger partial charge in [0.05, 0.1) is 26.0 Å². The zero-order chi connectivity index (χ0) is 22.0. The second-order valence-corrected chi connectivity index (χ2v) is 8.26. The lowest BCUT2D eigenvalue weighted by Gasteiger charge is -2.31. The molecule has 9 heteroatoms. The van der Waals surface area contributed by atoms with Crippen molar-refractivity contribution in [2.75, 3.05) is 44.6 Å². The molecule has 0 aliphatic carbocycles. The molecule has 31 heavy (non-hydrogen) atoms. The van der Waals surface area contributed by atoms with E-state index in [-0.39, 0.29) is 17.6 Å². The number of ether oxygens (including phenoxy) is 3. The van der Waals surface area contributed by atoms with Gasteiger partial charge in [0.1, 0.15) is 11.3 Å². The molecule has 1 aromatic heterocycles. The molecule has 1 N–H and O–H groups in total. The molecule has 4 rings (SSSR count). The molecular formula is C22H24FN3O4S. The number of rotatable bonds is 6. The Morgan fingerprint density at radius 1 is 1.13 bits per heavy atom. The Balaban J connectivity index is 1.42. The number of para-hydroxylation sites is 1. The summed E-state index contributed by atoms with van der Waals surface area (Å²) in [5.74, 6) is 0.957. The third kappa shape index (κ3) is 4.23. The molecule has 1 aliphatic heterocycles. The monoisotopic (exact) mass is 445 g/mol. The highest BCUT2D eigenvalue weighted by Crippen LogP contribution is 2.40. The van der Waals surface area contributed by atoms with Gasteiger partial charge in [-0.15, -0.1) is 0 Å². The number of carbonyl (C=O) groups excluding carboxylic acids is 1. The van der Waals surface area contributed by atoms with Crippen LogP contribution in [0.5, 0.6) is 17.2 Å². The van der Waals surface area contributed by atoms with Crippen molar-refractivity contribution in [2.45, 2.75) is 12.8 Å². The first-order valence-corrected chi connectivity index (χ1v) is 10.8. The van der Waals surface area contributed by atoms with Crippen molar-refractivity contribution in [2.24, 2.45) is 5.92 Å². The SMILES string of the molecule is COc1cc(NC(=O)C2CCN(c3nc4c(F)cccc4s3)CC2)cc(OC)c1OC. The van der Waals surface area contributed by atoms with Gasteiger partial charge in [0, 0.05) is 36.8 Å². The number of benzene rings is 2. The summed E-state index contributed by atoms with van der Waals surface area (Å²) in [5, 5.41) is 3.76. The van der Waals surface area contributed by atoms with Crippen molar-refractivity contribution in [3.8, 4) is 17.2 Å². The molecule has 0 saturated carbocycles. The summed E-state index contributed by atoms with van der Waals surface area (Å²) in [7, 11) is 4.60. The van der Waals surface area contributed by atoms with E-state index in [1.807, 2.05) is 6.07 Å². The predicted molar refractivity (Wildman–Crippen MR) is 119 cm³/mol. The highest BCUT2D eigenvalue weighted by atomic mass is 32.1. The largest absolute Gasteiger partial charge is 0.493 e. The Labute approximate surface area is 183 Å². The number of anilines is 2. The van der Waals surface area contributed by atoms with E-state index in [4.69, 9.17) is 14.2 Å². The number of hydrogen-bond donors (Lipinski definition) is 1. The number of amides is 1. The molecule has 0 spiro atoms. The van der Waals surface area contributed by atoms with Crippen LogP contribution < -0.4 is 24.4 Å². The number of nitrogens with zero attached hydrogens (tertiary/aromatic N) is 2. The maximum absolute atomic E-state index is 13.9. The normalized spacial score (nSPS) is 14.5. The summed E-state index contributed by atoms with van der Waals surface area (Å²) >= 11 is 1.48. The third-order valence-corrected chi connectivity index (χ3v) is 6.51. The van der Waals surface area contributed by atoms with E-state index in [9.17, 15) is 9.18 Å². The van der Waals surface area contributed by atoms with Crippen molar-refractivity contribution < 1.29 is 23.4 Å². The second-order valence-electron chi connectivity index (χ2n) is 7.25. The van der Waals surface area contributed by atoms with Crippen LogP contribution in [-0.4, -0.2) is 45.3 Å². The molecule has 1 fully saturated rings. The van der Waals surface area contributed by atoms with Crippen molar-refractivity contribution in [1.29, 1.82) is 0 Å². The van der Waals surface area contributed by atoms with E-state index in [0.717, 1.165) is 9.83 Å². The third-order valence-electron chi connectivity index (χ3n) is 5.43. The van der Waals surface area contributed by atoms with E-state index in [1.165, 1.54) is 38.7 Å². The van der Waals surface area contributed by atoms with Gasteiger partial charge in [-0.25, -0.2) is 9.37 Å². The van der Waals surface area contributed by atoms with Gasteiger partial charge in [-0.2, -0.15) is 0 Å². The molecule has 7 nitrogen and oxygen atoms in total. The number of methoxy groups -OCH3 is 3. The lowest BCUT2D eigenvalue weighted by Crippen LogP contribution is -2.38. The fraction of sp³-hybridized carbons (Fsp3) is 0.364. The quantitative estimate of drug-likeness (QED) is 0.609. The minimum atomic E-state index is -0.306. The Hall–Kier alpha value is -3.07. The van der Waals surface area contributed by atoms with Crippen molar-refractivity contribution in [3.63, 3.8) is 0 Å². The molecule has 2 aromatic carbocycles. The molecule has 1 aliphatic rings. The summed E-state index contributed by atoms with van der Waals surface area (Å²) in [5.41, 5.74) is 0.994. The molecule has 0 unspecified atom stereocenters. The predicted octanol–water partition coefficient (Wildman–Crippen LogP) is 4.32. The summed E-state index contributed by atoms with van der Waals surface area (Å²) in [6, 6.07) is 8.41. The summed E-state index contributed by atoms with van der Waals surface area (Å²) < 4.78 is 30.8. The average molecular weight is 446 g/mol. The van der Waals surface area contributed by atoms with Gasteiger partial charge in [-0.3, -0.25) is 4.79 Å². The van der Waals surface area contributed by atoms with Gasteiger partial charge in [-0.1, -0.05) is 17.4 Å². The Kier molecular flexibility index (Phi) is 6.13. The van der Waals surface area contributed by atoms with Gasteiger partial charge in [0.25, 0.3) is 0 Å². The Morgan fingerprint density at radius 3 is 2.39 bits per heavy atom. The van der Waals surface area contributed by atoms with E-state index in [1.54, 1.807) is 18.2 Å². The number of aromatic nitrogens is 1. The van der Waals surface area contributed by atoms with Crippen molar-refractivity contribution >= 4 is 38.3 Å². The van der Waals surface area contributed by atoms with Gasteiger partial charge in [-0.05, 0) is 25.0 Å². The molecule has 0 bridgehead atoms. The number of hydrogen-bond acceptors (Lipinski definition) is 7. The lowest BCUT2D eigenvalue weighted by atomic mass is 9.96. The fourth-order valence-electron chi connectivity index (χ4n) is 3.77. The molecule has 3 aromatic rings. The second kappa shape index (κ2) is 8.97. The maximum atomic E-state index is 13.9. The van der Waals surface area contributed by atoms with Crippen molar-refractivity contribution in [3.05, 3.63) is 36.1 Å². The van der Waals surface area contributed by atoms with Crippen LogP contribution in [0, 0.1) is 11.7 Å². The Morgan fingerprint density at radius 2 is 1.81 bits per heavy atom. The summed E-state index contributed by atoms with van der Waals surface area (Å²) in [6.45, 7) is 1.38. The lowest BCUT2D eigenvalue weighted by molar-refractivity contribution is -0.120. The molecule has 164 valence electrons. The number of carbonyl (C=O) groups is 1. The molecule has 0 atom stereocenters. The van der Waals surface area contributed by atoms with E-state index in [0.29, 0.717) is 54.4 Å². The number of halogens is 1. The van der Waals surface area contributed by atoms with Gasteiger partial charge in [0.15, 0.2) is 16.6 Å². The minimum absolute atomic E-state index is 0.0516. The molecule has 0 radical (unpaired) electrons. The van der Waals surface area contributed by atoms with E-state index < -0.39 is 0 Å². The standard InChI is InChI=1S/C22H24FN3O4S/c1-28-16-11-14(12-17(29-2)20(16)30-3)24-21(27)13-7-9-26(10-8-13)22-25-19-15(23)5-4-6-18(19)31-22/h4-6,11-13H,7-10H2,1-3H3,(H,24,27). The van der Waals surface area contributed by atoms with Crippen LogP contribution in [0.3, 0.4) is 0 Å². The van der Waals surface area contributed by atoms with E-state index in [2.05, 4.69) is 15.2 Å². The van der Waals surface area contributed by atoms with Crippen LogP contribution in [0.2, 0.25) is 0 Å². The maximum Gasteiger partial charge on any atom is 0.227 e. The number of piperidine rings is 1. The smallest absolute Gasteiger partial charge is 0.227 e. The zero-order valence-electron chi connectivity index (χ0n) is 17.6. The first kappa shape index (κ1) is 21.2. The van der Waals surface area contributed by atoms with Crippen LogP contribution in [0.25, 0.3) is 10.2 Å². The number of fused-ring (bicyclic) bond motifs is 1. The van der Waals surface area contributed by atoms with Gasteiger partial charge < -0.3 is 24.4 Å². The van der Waals surface area contributed by atoms with Crippen LogP contribution in [0.15, 0.2) is 30.3 Å². The minimum Gasteiger partial charge on any atom is -0.493 e. The summed E-state index contributed by atoms with van der Waals surface area (Å²) in [6.07, 6.45) is 1.38. The molecular weight excluding hydrogens is 421 g/mol. The van der Waals surface area contributed by atoms with Gasteiger partial charge in [0.2, 0.25) is 11.7 Å². The zero-order valence-corrected chi connectivity index (χ0v) is 18.4. The average Bonchev–Trinajstić information content (AvgIpc) is 3.24. The van der Waals surface area contributed by atoms with E-state index >= 15 is 0 Å². The first-order chi connectivity index (χ1) is 15.0. The Bertz CT molecular complexity index is 1070. The molecule has 1 saturated heterocycles. The number of thiazole rings is 1. The topological polar surface area (TPSA) is 72.9 Å². The first-order valence-electron chi connectivity index (χ1n) is 9.95. The van der Waals surface area contributed by atoms with Crippen LogP contribution in [0.1, 0.15) is 12.8 Å². The van der Waals surface area contributed by atoms with Crippen LogP contribution >= 0.6 is 11.3 Å². The summed E-state index contributed by atoms with van der Waals surface area (Å²) in [4.78, 5) is 19.4. The number of nitrogens with one attached hydrogen (secondary N) is 1. The molecule has 1 amide bonds. The van der Waals surface area contributed by atoms with Crippen molar-refractivity contribution in [1.82, 2.24) is 4.98 Å². The van der Waals surface area contributed by atoms with Gasteiger partial charge >= 0.3 is 0 Å².